The first-order chi connectivity index (χ1) is 27.1. The Morgan fingerprint density at radius 1 is 0.857 bits per heavy atom. The molecule has 56 heavy (non-hydrogen) atoms. The van der Waals surface area contributed by atoms with Crippen molar-refractivity contribution in [1.29, 1.82) is 0 Å². The van der Waals surface area contributed by atoms with E-state index in [1.54, 1.807) is 12.1 Å². The summed E-state index contributed by atoms with van der Waals surface area (Å²) >= 11 is 3.52. The Labute approximate surface area is 333 Å². The van der Waals surface area contributed by atoms with Crippen LogP contribution in [0, 0.1) is 30.6 Å². The number of ether oxygens (including phenoxy) is 2. The molecule has 0 radical (unpaired) electrons. The molecule has 3 heterocycles. The van der Waals surface area contributed by atoms with Crippen LogP contribution >= 0.6 is 15.9 Å². The molecular weight excluding hydrogens is 776 g/mol. The molecule has 3 aliphatic heterocycles. The Hall–Kier alpha value is -5.46. The number of phenols is 1. The van der Waals surface area contributed by atoms with Gasteiger partial charge < -0.3 is 19.5 Å². The number of hydrogen-bond donors (Lipinski definition) is 2. The largest absolute Gasteiger partial charge is 0.503 e. The molecule has 286 valence electrons. The number of amides is 4. The summed E-state index contributed by atoms with van der Waals surface area (Å²) in [4.78, 5) is 63.0. The van der Waals surface area contributed by atoms with Crippen molar-refractivity contribution in [2.24, 2.45) is 23.7 Å². The highest BCUT2D eigenvalue weighted by molar-refractivity contribution is 9.10. The van der Waals surface area contributed by atoms with Crippen LogP contribution in [0.25, 0.3) is 0 Å². The van der Waals surface area contributed by atoms with Crippen LogP contribution in [0.5, 0.6) is 11.5 Å². The standard InChI is InChI=1S/C44H41BrN4O7/c1-25-8-10-28(11-9-25)46-49-41(52)34-24-33-31(38(26-22-35(45)39(50)36(23-26)55-2)44(34,43(49)54)27-6-4-3-5-7-27)16-17-32-37(33)42(53)48(40(32)51)30-14-12-29(13-15-30)47-18-20-56-21-19-47/h3-16,22-23,32-34,37-38,46,50H,17-21,24H2,1-2H3. The summed E-state index contributed by atoms with van der Waals surface area (Å²) in [6.07, 6.45) is 2.49. The van der Waals surface area contributed by atoms with Crippen LogP contribution in [0.1, 0.15) is 35.4 Å². The van der Waals surface area contributed by atoms with E-state index < -0.39 is 46.8 Å². The van der Waals surface area contributed by atoms with Crippen molar-refractivity contribution in [3.8, 4) is 11.5 Å². The van der Waals surface area contributed by atoms with E-state index in [1.807, 2.05) is 91.9 Å². The van der Waals surface area contributed by atoms with Gasteiger partial charge in [0, 0.05) is 24.7 Å². The number of fused-ring (bicyclic) bond motifs is 4. The Balaban J connectivity index is 1.18. The lowest BCUT2D eigenvalue weighted by Crippen LogP contribution is -2.53. The normalized spacial score (nSPS) is 27.2. The van der Waals surface area contributed by atoms with Gasteiger partial charge in [-0.2, -0.15) is 5.01 Å². The Morgan fingerprint density at radius 2 is 1.55 bits per heavy atom. The van der Waals surface area contributed by atoms with Crippen LogP contribution in [0.4, 0.5) is 17.1 Å². The van der Waals surface area contributed by atoms with Gasteiger partial charge >= 0.3 is 0 Å². The molecule has 9 rings (SSSR count). The Kier molecular flexibility index (Phi) is 9.00. The molecule has 12 heteroatoms. The second-order valence-corrected chi connectivity index (χ2v) is 16.1. The summed E-state index contributed by atoms with van der Waals surface area (Å²) < 4.78 is 11.5. The third-order valence-electron chi connectivity index (χ3n) is 12.5. The molecule has 6 atom stereocenters. The Morgan fingerprint density at radius 3 is 2.25 bits per heavy atom. The lowest BCUT2D eigenvalue weighted by Gasteiger charge is -2.50. The van der Waals surface area contributed by atoms with E-state index in [2.05, 4.69) is 26.3 Å². The average Bonchev–Trinajstić information content (AvgIpc) is 3.61. The molecule has 0 spiro atoms. The second kappa shape index (κ2) is 13.9. The summed E-state index contributed by atoms with van der Waals surface area (Å²) in [5, 5.41) is 12.1. The van der Waals surface area contributed by atoms with Crippen LogP contribution in [-0.2, 0) is 29.3 Å². The molecule has 0 aromatic heterocycles. The van der Waals surface area contributed by atoms with Crippen molar-refractivity contribution in [1.82, 2.24) is 5.01 Å². The van der Waals surface area contributed by atoms with E-state index in [9.17, 15) is 19.5 Å². The zero-order valence-electron chi connectivity index (χ0n) is 31.0. The number of allylic oxidation sites excluding steroid dienone is 2. The minimum atomic E-state index is -1.45. The maximum atomic E-state index is 15.4. The lowest BCUT2D eigenvalue weighted by atomic mass is 9.49. The van der Waals surface area contributed by atoms with Crippen LogP contribution in [-0.4, -0.2) is 67.2 Å². The summed E-state index contributed by atoms with van der Waals surface area (Å²) in [5.41, 5.74) is 6.88. The van der Waals surface area contributed by atoms with E-state index in [1.165, 1.54) is 12.0 Å². The molecule has 2 aliphatic carbocycles. The van der Waals surface area contributed by atoms with Crippen LogP contribution in [0.3, 0.4) is 0 Å². The van der Waals surface area contributed by atoms with Gasteiger partial charge in [-0.3, -0.25) is 29.5 Å². The van der Waals surface area contributed by atoms with Crippen molar-refractivity contribution in [2.75, 3.05) is 48.6 Å². The maximum absolute atomic E-state index is 15.4. The van der Waals surface area contributed by atoms with E-state index in [4.69, 9.17) is 9.47 Å². The van der Waals surface area contributed by atoms with Crippen LogP contribution in [0.15, 0.2) is 107 Å². The van der Waals surface area contributed by atoms with Gasteiger partial charge in [-0.1, -0.05) is 59.7 Å². The molecule has 4 aromatic rings. The SMILES string of the molecule is COc1cc(C2C3=CCC4C(=O)N(c5ccc(N6CCOCC6)cc5)C(=O)C4C3CC3C(=O)N(Nc4ccc(C)cc4)C(=O)C32c2ccccc2)cc(Br)c1O. The van der Waals surface area contributed by atoms with Crippen molar-refractivity contribution in [2.45, 2.75) is 31.1 Å². The molecule has 5 aliphatic rings. The molecule has 11 nitrogen and oxygen atoms in total. The number of nitrogens with one attached hydrogen (secondary N) is 1. The molecule has 2 N–H and O–H groups in total. The van der Waals surface area contributed by atoms with Gasteiger partial charge in [0.25, 0.3) is 11.8 Å². The summed E-state index contributed by atoms with van der Waals surface area (Å²) in [5.74, 6) is -4.93. The zero-order chi connectivity index (χ0) is 38.9. The van der Waals surface area contributed by atoms with E-state index >= 15 is 4.79 Å². The van der Waals surface area contributed by atoms with Crippen LogP contribution in [0.2, 0.25) is 0 Å². The van der Waals surface area contributed by atoms with Gasteiger partial charge in [0.2, 0.25) is 11.8 Å². The number of aromatic hydroxyl groups is 1. The number of carbonyl (C=O) groups is 4. The average molecular weight is 818 g/mol. The molecular formula is C44H41BrN4O7. The molecule has 1 saturated carbocycles. The third kappa shape index (κ3) is 5.48. The van der Waals surface area contributed by atoms with Gasteiger partial charge in [0.1, 0.15) is 0 Å². The number of imide groups is 2. The zero-order valence-corrected chi connectivity index (χ0v) is 32.6. The Bertz CT molecular complexity index is 2270. The number of benzene rings is 4. The first-order valence-corrected chi connectivity index (χ1v) is 19.8. The van der Waals surface area contributed by atoms with Crippen molar-refractivity contribution < 1.29 is 33.8 Å². The smallest absolute Gasteiger partial charge is 0.260 e. The maximum Gasteiger partial charge on any atom is 0.260 e. The number of morpholine rings is 1. The number of methoxy groups -OCH3 is 1. The highest BCUT2D eigenvalue weighted by Gasteiger charge is 2.70. The minimum Gasteiger partial charge on any atom is -0.503 e. The van der Waals surface area contributed by atoms with Gasteiger partial charge in [-0.15, -0.1) is 0 Å². The summed E-state index contributed by atoms with van der Waals surface area (Å²) in [6, 6.07) is 27.8. The monoisotopic (exact) mass is 816 g/mol. The number of rotatable bonds is 7. The molecule has 4 amide bonds. The van der Waals surface area contributed by atoms with Crippen molar-refractivity contribution in [3.05, 3.63) is 124 Å². The fraction of sp³-hybridized carbons (Fsp3) is 0.318. The summed E-state index contributed by atoms with van der Waals surface area (Å²) in [7, 11) is 1.46. The lowest BCUT2D eigenvalue weighted by molar-refractivity contribution is -0.138. The number of nitrogens with zero attached hydrogens (tertiary/aromatic N) is 3. The van der Waals surface area contributed by atoms with Gasteiger partial charge in [0.05, 0.1) is 59.3 Å². The van der Waals surface area contributed by atoms with Gasteiger partial charge in [-0.25, -0.2) is 0 Å². The van der Waals surface area contributed by atoms with E-state index in [0.29, 0.717) is 46.6 Å². The number of carbonyl (C=O) groups excluding carboxylic acids is 4. The number of phenolic OH excluding ortho intramolecular Hbond substituents is 1. The van der Waals surface area contributed by atoms with Crippen molar-refractivity contribution >= 4 is 56.6 Å². The topological polar surface area (TPSA) is 129 Å². The highest BCUT2D eigenvalue weighted by Crippen LogP contribution is 2.64. The molecule has 0 bridgehead atoms. The predicted octanol–water partition coefficient (Wildman–Crippen LogP) is 6.50. The third-order valence-corrected chi connectivity index (χ3v) is 13.1. The van der Waals surface area contributed by atoms with E-state index in [-0.39, 0.29) is 29.7 Å². The van der Waals surface area contributed by atoms with Gasteiger partial charge in [-0.05, 0) is 101 Å². The fourth-order valence-corrected chi connectivity index (χ4v) is 10.4. The number of halogens is 1. The summed E-state index contributed by atoms with van der Waals surface area (Å²) in [6.45, 7) is 4.76. The molecule has 4 aromatic carbocycles. The van der Waals surface area contributed by atoms with Crippen LogP contribution < -0.4 is 20.0 Å². The number of aryl methyl sites for hydroxylation is 1. The minimum absolute atomic E-state index is 0.102. The van der Waals surface area contributed by atoms with Gasteiger partial charge in [0.15, 0.2) is 11.5 Å². The molecule has 3 saturated heterocycles. The van der Waals surface area contributed by atoms with E-state index in [0.717, 1.165) is 34.9 Å². The fourth-order valence-electron chi connectivity index (χ4n) is 9.93. The van der Waals surface area contributed by atoms with Crippen molar-refractivity contribution in [3.63, 3.8) is 0 Å². The second-order valence-electron chi connectivity index (χ2n) is 15.3. The predicted molar refractivity (Wildman–Crippen MR) is 213 cm³/mol. The molecule has 4 fully saturated rings. The highest BCUT2D eigenvalue weighted by atomic mass is 79.9. The number of anilines is 3. The molecule has 6 unspecified atom stereocenters. The first kappa shape index (κ1) is 36.2. The number of hydrogen-bond acceptors (Lipinski definition) is 9. The number of hydrazine groups is 1. The quantitative estimate of drug-likeness (QED) is 0.159. The first-order valence-electron chi connectivity index (χ1n) is 19.0.